The summed E-state index contributed by atoms with van der Waals surface area (Å²) in [5.74, 6) is 0.0332. The first-order chi connectivity index (χ1) is 15.1. The van der Waals surface area contributed by atoms with Gasteiger partial charge in [0, 0.05) is 0 Å². The third-order valence-electron chi connectivity index (χ3n) is 5.30. The van der Waals surface area contributed by atoms with Crippen LogP contribution in [0.5, 0.6) is 5.75 Å². The number of benzene rings is 3. The van der Waals surface area contributed by atoms with Gasteiger partial charge in [-0.25, -0.2) is 8.42 Å². The minimum absolute atomic E-state index is 0.127. The number of methoxy groups -OCH3 is 1. The number of aryl methyl sites for hydroxylation is 4. The van der Waals surface area contributed by atoms with Crippen LogP contribution in [0.2, 0.25) is 0 Å². The molecule has 0 radical (unpaired) electrons. The Hall–Kier alpha value is -3.32. The average Bonchev–Trinajstić information content (AvgIpc) is 2.74. The number of ether oxygens (including phenoxy) is 1. The Morgan fingerprint density at radius 1 is 0.875 bits per heavy atom. The van der Waals surface area contributed by atoms with E-state index in [1.54, 1.807) is 48.5 Å². The van der Waals surface area contributed by atoms with Crippen molar-refractivity contribution in [3.63, 3.8) is 0 Å². The molecule has 0 heterocycles. The molecule has 0 aliphatic heterocycles. The van der Waals surface area contributed by atoms with Crippen molar-refractivity contribution in [2.45, 2.75) is 32.6 Å². The molecule has 6 nitrogen and oxygen atoms in total. The Labute approximate surface area is 189 Å². The van der Waals surface area contributed by atoms with Crippen LogP contribution in [0, 0.1) is 27.7 Å². The van der Waals surface area contributed by atoms with Crippen LogP contribution in [0.25, 0.3) is 0 Å². The Morgan fingerprint density at radius 2 is 1.53 bits per heavy atom. The zero-order chi connectivity index (χ0) is 23.5. The van der Waals surface area contributed by atoms with Gasteiger partial charge in [-0.2, -0.15) is 0 Å². The van der Waals surface area contributed by atoms with Crippen molar-refractivity contribution in [2.75, 3.05) is 23.3 Å². The van der Waals surface area contributed by atoms with E-state index in [1.807, 2.05) is 39.8 Å². The number of nitrogens with one attached hydrogen (secondary N) is 1. The van der Waals surface area contributed by atoms with E-state index in [9.17, 15) is 13.2 Å². The van der Waals surface area contributed by atoms with Gasteiger partial charge < -0.3 is 10.1 Å². The molecule has 0 atom stereocenters. The van der Waals surface area contributed by atoms with E-state index in [1.165, 1.54) is 7.11 Å². The summed E-state index contributed by atoms with van der Waals surface area (Å²) in [6.07, 6.45) is 0. The van der Waals surface area contributed by atoms with E-state index < -0.39 is 15.9 Å². The van der Waals surface area contributed by atoms with Gasteiger partial charge in [0.25, 0.3) is 10.0 Å². The predicted octanol–water partition coefficient (Wildman–Crippen LogP) is 4.76. The molecule has 0 saturated heterocycles. The number of rotatable bonds is 7. The molecular weight excluding hydrogens is 424 g/mol. The quantitative estimate of drug-likeness (QED) is 0.561. The number of carbonyl (C=O) groups excluding carboxylic acids is 1. The second-order valence-electron chi connectivity index (χ2n) is 7.85. The molecule has 0 aromatic heterocycles. The third kappa shape index (κ3) is 5.11. The lowest BCUT2D eigenvalue weighted by molar-refractivity contribution is -0.114. The van der Waals surface area contributed by atoms with E-state index in [0.717, 1.165) is 26.6 Å². The minimum Gasteiger partial charge on any atom is -0.495 e. The van der Waals surface area contributed by atoms with Crippen LogP contribution in [-0.2, 0) is 14.8 Å². The normalized spacial score (nSPS) is 11.2. The van der Waals surface area contributed by atoms with Crippen molar-refractivity contribution in [3.8, 4) is 5.75 Å². The SMILES string of the molecule is COc1ccc(C)cc1NC(=O)CN(c1ccc(C)c(C)c1)S(=O)(=O)c1ccc(C)cc1. The first-order valence-electron chi connectivity index (χ1n) is 10.2. The lowest BCUT2D eigenvalue weighted by Gasteiger charge is -2.25. The largest absolute Gasteiger partial charge is 0.495 e. The van der Waals surface area contributed by atoms with Crippen molar-refractivity contribution in [1.82, 2.24) is 0 Å². The maximum Gasteiger partial charge on any atom is 0.264 e. The highest BCUT2D eigenvalue weighted by atomic mass is 32.2. The maximum absolute atomic E-state index is 13.5. The van der Waals surface area contributed by atoms with Gasteiger partial charge in [-0.3, -0.25) is 9.10 Å². The van der Waals surface area contributed by atoms with Gasteiger partial charge in [-0.1, -0.05) is 29.8 Å². The minimum atomic E-state index is -3.97. The van der Waals surface area contributed by atoms with Gasteiger partial charge in [0.1, 0.15) is 12.3 Å². The van der Waals surface area contributed by atoms with Crippen LogP contribution >= 0.6 is 0 Å². The van der Waals surface area contributed by atoms with E-state index in [2.05, 4.69) is 5.32 Å². The van der Waals surface area contributed by atoms with Crippen molar-refractivity contribution in [3.05, 3.63) is 82.9 Å². The molecule has 0 spiro atoms. The highest BCUT2D eigenvalue weighted by Crippen LogP contribution is 2.28. The number of hydrogen-bond donors (Lipinski definition) is 1. The molecule has 0 aliphatic rings. The monoisotopic (exact) mass is 452 g/mol. The van der Waals surface area contributed by atoms with Crippen LogP contribution in [0.1, 0.15) is 22.3 Å². The molecule has 0 aliphatic carbocycles. The molecule has 0 fully saturated rings. The second kappa shape index (κ2) is 9.44. The number of nitrogens with zero attached hydrogens (tertiary/aromatic N) is 1. The zero-order valence-electron chi connectivity index (χ0n) is 19.0. The first-order valence-corrected chi connectivity index (χ1v) is 11.7. The van der Waals surface area contributed by atoms with Gasteiger partial charge in [-0.05, 0) is 80.8 Å². The third-order valence-corrected chi connectivity index (χ3v) is 7.09. The summed E-state index contributed by atoms with van der Waals surface area (Å²) < 4.78 is 33.5. The Morgan fingerprint density at radius 3 is 2.16 bits per heavy atom. The van der Waals surface area contributed by atoms with Crippen LogP contribution in [-0.4, -0.2) is 28.0 Å². The van der Waals surface area contributed by atoms with E-state index in [-0.39, 0.29) is 11.4 Å². The molecule has 0 bridgehead atoms. The molecule has 1 amide bonds. The lowest BCUT2D eigenvalue weighted by Crippen LogP contribution is -2.38. The molecule has 3 rings (SSSR count). The summed E-state index contributed by atoms with van der Waals surface area (Å²) >= 11 is 0. The molecular formula is C25H28N2O4S. The van der Waals surface area contributed by atoms with Crippen LogP contribution in [0.4, 0.5) is 11.4 Å². The molecule has 3 aromatic carbocycles. The second-order valence-corrected chi connectivity index (χ2v) is 9.71. The molecule has 0 saturated carbocycles. The summed E-state index contributed by atoms with van der Waals surface area (Å²) in [4.78, 5) is 13.1. The number of amides is 1. The summed E-state index contributed by atoms with van der Waals surface area (Å²) in [5.41, 5.74) is 4.79. The van der Waals surface area contributed by atoms with Crippen molar-refractivity contribution < 1.29 is 17.9 Å². The standard InChI is InChI=1S/C25H28N2O4S/c1-17-6-11-22(12-7-17)32(29,30)27(21-10-9-19(3)20(4)15-21)16-25(28)26-23-14-18(2)8-13-24(23)31-5/h6-15H,16H2,1-5H3,(H,26,28). The molecule has 0 unspecified atom stereocenters. The van der Waals surface area contributed by atoms with E-state index in [0.29, 0.717) is 17.1 Å². The van der Waals surface area contributed by atoms with Crippen LogP contribution in [0.15, 0.2) is 65.6 Å². The van der Waals surface area contributed by atoms with Crippen molar-refractivity contribution >= 4 is 27.3 Å². The summed E-state index contributed by atoms with van der Waals surface area (Å²) in [5, 5.41) is 2.79. The van der Waals surface area contributed by atoms with Gasteiger partial charge in [-0.15, -0.1) is 0 Å². The van der Waals surface area contributed by atoms with Crippen molar-refractivity contribution in [1.29, 1.82) is 0 Å². The molecule has 7 heteroatoms. The molecule has 168 valence electrons. The Bertz CT molecular complexity index is 1240. The Balaban J connectivity index is 1.99. The number of sulfonamides is 1. The van der Waals surface area contributed by atoms with Gasteiger partial charge in [0.2, 0.25) is 5.91 Å². The number of carbonyl (C=O) groups is 1. The molecule has 3 aromatic rings. The summed E-state index contributed by atoms with van der Waals surface area (Å²) in [7, 11) is -2.45. The fraction of sp³-hybridized carbons (Fsp3) is 0.240. The smallest absolute Gasteiger partial charge is 0.264 e. The zero-order valence-corrected chi connectivity index (χ0v) is 19.8. The summed E-state index contributed by atoms with van der Waals surface area (Å²) in [6.45, 7) is 7.27. The van der Waals surface area contributed by atoms with Gasteiger partial charge in [0.15, 0.2) is 0 Å². The predicted molar refractivity (Wildman–Crippen MR) is 128 cm³/mol. The highest BCUT2D eigenvalue weighted by Gasteiger charge is 2.27. The fourth-order valence-electron chi connectivity index (χ4n) is 3.27. The van der Waals surface area contributed by atoms with Gasteiger partial charge >= 0.3 is 0 Å². The Kier molecular flexibility index (Phi) is 6.89. The first kappa shape index (κ1) is 23.3. The molecule has 32 heavy (non-hydrogen) atoms. The average molecular weight is 453 g/mol. The highest BCUT2D eigenvalue weighted by molar-refractivity contribution is 7.92. The van der Waals surface area contributed by atoms with Gasteiger partial charge in [0.05, 0.1) is 23.4 Å². The van der Waals surface area contributed by atoms with E-state index in [4.69, 9.17) is 4.74 Å². The molecule has 1 N–H and O–H groups in total. The topological polar surface area (TPSA) is 75.7 Å². The van der Waals surface area contributed by atoms with Crippen LogP contribution < -0.4 is 14.4 Å². The van der Waals surface area contributed by atoms with Crippen LogP contribution in [0.3, 0.4) is 0 Å². The fourth-order valence-corrected chi connectivity index (χ4v) is 4.69. The van der Waals surface area contributed by atoms with Crippen molar-refractivity contribution in [2.24, 2.45) is 0 Å². The summed E-state index contributed by atoms with van der Waals surface area (Å²) in [6, 6.07) is 17.4. The van der Waals surface area contributed by atoms with E-state index >= 15 is 0 Å². The number of hydrogen-bond acceptors (Lipinski definition) is 4. The maximum atomic E-state index is 13.5. The number of anilines is 2. The lowest BCUT2D eigenvalue weighted by atomic mass is 10.1.